The van der Waals surface area contributed by atoms with Crippen molar-refractivity contribution in [1.82, 2.24) is 9.80 Å². The Labute approximate surface area is 262 Å². The van der Waals surface area contributed by atoms with Crippen LogP contribution in [0.5, 0.6) is 0 Å². The van der Waals surface area contributed by atoms with Gasteiger partial charge in [-0.05, 0) is 145 Å². The van der Waals surface area contributed by atoms with Crippen LogP contribution >= 0.6 is 0 Å². The van der Waals surface area contributed by atoms with E-state index in [0.717, 1.165) is 57.9 Å². The van der Waals surface area contributed by atoms with Gasteiger partial charge >= 0.3 is 0 Å². The summed E-state index contributed by atoms with van der Waals surface area (Å²) in [6, 6.07) is 9.14. The molecule has 240 valence electrons. The molecule has 2 heterocycles. The summed E-state index contributed by atoms with van der Waals surface area (Å²) in [5.74, 6) is 1.70. The number of rotatable bonds is 9. The molecule has 2 aliphatic heterocycles. The lowest BCUT2D eigenvalue weighted by Gasteiger charge is -2.65. The highest BCUT2D eigenvalue weighted by molar-refractivity contribution is 5.35. The molecule has 1 N–H and O–H groups in total. The number of aliphatic hydroxyl groups is 1. The van der Waals surface area contributed by atoms with Crippen LogP contribution in [0.2, 0.25) is 0 Å². The number of likely N-dealkylation sites (tertiary alicyclic amines) is 2. The minimum absolute atomic E-state index is 0.277. The van der Waals surface area contributed by atoms with Crippen molar-refractivity contribution in [2.75, 3.05) is 52.5 Å². The highest BCUT2D eigenvalue weighted by Crippen LogP contribution is 2.72. The predicted molar refractivity (Wildman–Crippen MR) is 173 cm³/mol. The van der Waals surface area contributed by atoms with Gasteiger partial charge in [0.05, 0.1) is 24.9 Å². The van der Waals surface area contributed by atoms with Crippen molar-refractivity contribution in [3.8, 4) is 0 Å². The summed E-state index contributed by atoms with van der Waals surface area (Å²) >= 11 is 0. The minimum atomic E-state index is -0.675. The molecule has 0 unspecified atom stereocenters. The number of aryl methyl sites for hydroxylation is 1. The summed E-state index contributed by atoms with van der Waals surface area (Å²) in [6.45, 7) is 15.9. The molecule has 0 spiro atoms. The van der Waals surface area contributed by atoms with Crippen LogP contribution in [0.25, 0.3) is 0 Å². The van der Waals surface area contributed by atoms with Crippen LogP contribution < -0.4 is 0 Å². The Bertz CT molecular complexity index is 1100. The van der Waals surface area contributed by atoms with E-state index in [1.807, 2.05) is 0 Å². The molecule has 5 heteroatoms. The lowest BCUT2D eigenvalue weighted by atomic mass is 9.42. The first-order valence-corrected chi connectivity index (χ1v) is 18.3. The zero-order valence-electron chi connectivity index (χ0n) is 27.6. The second kappa shape index (κ2) is 12.0. The van der Waals surface area contributed by atoms with Crippen molar-refractivity contribution in [3.63, 3.8) is 0 Å². The quantitative estimate of drug-likeness (QED) is 0.337. The van der Waals surface area contributed by atoms with E-state index in [2.05, 4.69) is 54.8 Å². The van der Waals surface area contributed by atoms with E-state index in [0.29, 0.717) is 23.4 Å². The van der Waals surface area contributed by atoms with E-state index in [1.54, 1.807) is 0 Å². The van der Waals surface area contributed by atoms with Gasteiger partial charge in [-0.25, -0.2) is 0 Å². The SMILES string of the molecule is Cc1ccc([C@@]2(OCCN3CCCC3)CC[C@]3(O)[C@@H]4CC[C@@H]5C[C@@H](OCCN6CCCC6)CC[C@]5(C)[C@H]4CC[C@]23C)cc1. The van der Waals surface area contributed by atoms with Crippen molar-refractivity contribution in [2.24, 2.45) is 28.6 Å². The van der Waals surface area contributed by atoms with Crippen molar-refractivity contribution in [3.05, 3.63) is 35.4 Å². The highest BCUT2D eigenvalue weighted by atomic mass is 16.5. The molecule has 5 nitrogen and oxygen atoms in total. The van der Waals surface area contributed by atoms with Crippen molar-refractivity contribution in [1.29, 1.82) is 0 Å². The van der Waals surface area contributed by atoms with E-state index in [1.165, 1.54) is 95.1 Å². The predicted octanol–water partition coefficient (Wildman–Crippen LogP) is 6.94. The van der Waals surface area contributed by atoms with Crippen LogP contribution in [0.1, 0.15) is 108 Å². The topological polar surface area (TPSA) is 45.2 Å². The van der Waals surface area contributed by atoms with Crippen LogP contribution in [0, 0.1) is 35.5 Å². The largest absolute Gasteiger partial charge is 0.389 e. The van der Waals surface area contributed by atoms with Gasteiger partial charge in [0.2, 0.25) is 0 Å². The van der Waals surface area contributed by atoms with Gasteiger partial charge in [-0.2, -0.15) is 0 Å². The van der Waals surface area contributed by atoms with Crippen molar-refractivity contribution in [2.45, 2.75) is 122 Å². The zero-order valence-corrected chi connectivity index (χ0v) is 27.6. The first kappa shape index (κ1) is 30.7. The molecule has 4 aliphatic carbocycles. The maximum Gasteiger partial charge on any atom is 0.101 e. The van der Waals surface area contributed by atoms with Gasteiger partial charge in [-0.3, -0.25) is 0 Å². The van der Waals surface area contributed by atoms with Gasteiger partial charge in [-0.15, -0.1) is 0 Å². The van der Waals surface area contributed by atoms with E-state index in [4.69, 9.17) is 9.47 Å². The maximum absolute atomic E-state index is 13.1. The average molecular weight is 593 g/mol. The summed E-state index contributed by atoms with van der Waals surface area (Å²) in [4.78, 5) is 5.14. The maximum atomic E-state index is 13.1. The summed E-state index contributed by atoms with van der Waals surface area (Å²) in [6.07, 6.45) is 15.9. The normalized spacial score (nSPS) is 43.4. The second-order valence-corrected chi connectivity index (χ2v) is 16.2. The van der Waals surface area contributed by atoms with Crippen molar-refractivity contribution >= 4 is 0 Å². The smallest absolute Gasteiger partial charge is 0.101 e. The lowest BCUT2D eigenvalue weighted by molar-refractivity contribution is -0.249. The van der Waals surface area contributed by atoms with E-state index in [9.17, 15) is 5.11 Å². The number of benzene rings is 1. The number of hydrogen-bond acceptors (Lipinski definition) is 5. The fourth-order valence-corrected chi connectivity index (χ4v) is 11.6. The van der Waals surface area contributed by atoms with E-state index in [-0.39, 0.29) is 5.41 Å². The molecule has 7 rings (SSSR count). The monoisotopic (exact) mass is 592 g/mol. The van der Waals surface area contributed by atoms with E-state index < -0.39 is 11.2 Å². The summed E-state index contributed by atoms with van der Waals surface area (Å²) in [5, 5.41) is 13.1. The average Bonchev–Trinajstić information content (AvgIpc) is 3.76. The Balaban J connectivity index is 1.08. The molecule has 43 heavy (non-hydrogen) atoms. The molecule has 4 saturated carbocycles. The van der Waals surface area contributed by atoms with Gasteiger partial charge in [0, 0.05) is 18.5 Å². The number of hydrogen-bond donors (Lipinski definition) is 1. The number of nitrogens with zero attached hydrogens (tertiary/aromatic N) is 2. The third-order valence-corrected chi connectivity index (χ3v) is 14.3. The molecule has 1 aromatic carbocycles. The van der Waals surface area contributed by atoms with Gasteiger partial charge < -0.3 is 24.4 Å². The lowest BCUT2D eigenvalue weighted by Crippen LogP contribution is -2.65. The second-order valence-electron chi connectivity index (χ2n) is 16.2. The summed E-state index contributed by atoms with van der Waals surface area (Å²) in [7, 11) is 0. The number of fused-ring (bicyclic) bond motifs is 5. The molecule has 2 saturated heterocycles. The van der Waals surface area contributed by atoms with Gasteiger partial charge in [0.15, 0.2) is 0 Å². The molecule has 1 aromatic rings. The summed E-state index contributed by atoms with van der Waals surface area (Å²) < 4.78 is 13.7. The van der Waals surface area contributed by atoms with Gasteiger partial charge in [0.25, 0.3) is 0 Å². The Morgan fingerprint density at radius 2 is 1.44 bits per heavy atom. The third kappa shape index (κ3) is 5.16. The van der Waals surface area contributed by atoms with Crippen LogP contribution in [-0.2, 0) is 15.1 Å². The molecule has 0 radical (unpaired) electrons. The third-order valence-electron chi connectivity index (χ3n) is 14.3. The molecule has 0 aromatic heterocycles. The van der Waals surface area contributed by atoms with Gasteiger partial charge in [-0.1, -0.05) is 43.7 Å². The first-order valence-electron chi connectivity index (χ1n) is 18.3. The first-order chi connectivity index (χ1) is 20.8. The fraction of sp³-hybridized carbons (Fsp3) is 0.842. The molecule has 0 bridgehead atoms. The minimum Gasteiger partial charge on any atom is -0.389 e. The molecular formula is C38H60N2O3. The molecule has 6 fully saturated rings. The molecular weight excluding hydrogens is 532 g/mol. The van der Waals surface area contributed by atoms with E-state index >= 15 is 0 Å². The Morgan fingerprint density at radius 1 is 0.767 bits per heavy atom. The Kier molecular flexibility index (Phi) is 8.55. The molecule has 8 atom stereocenters. The standard InChI is InChI=1S/C38H60N2O3/c1-29-8-10-30(11-9-29)38(43-27-25-40-22-6-7-23-40)19-18-37(41)34-13-12-31-28-32(42-26-24-39-20-4-5-21-39)14-16-35(31,2)33(34)15-17-36(37,38)3/h8-11,31-34,41H,4-7,12-28H2,1-3H3/t31-,32+,33+,34-,35+,36+,37+,38+/m1/s1. The highest BCUT2D eigenvalue weighted by Gasteiger charge is 2.72. The van der Waals surface area contributed by atoms with Crippen LogP contribution in [0.3, 0.4) is 0 Å². The Morgan fingerprint density at radius 3 is 2.14 bits per heavy atom. The number of ether oxygens (including phenoxy) is 2. The van der Waals surface area contributed by atoms with Crippen LogP contribution in [-0.4, -0.2) is 79.1 Å². The van der Waals surface area contributed by atoms with Crippen LogP contribution in [0.4, 0.5) is 0 Å². The fourth-order valence-electron chi connectivity index (χ4n) is 11.6. The summed E-state index contributed by atoms with van der Waals surface area (Å²) in [5.41, 5.74) is 1.54. The zero-order chi connectivity index (χ0) is 29.7. The van der Waals surface area contributed by atoms with Crippen molar-refractivity contribution < 1.29 is 14.6 Å². The molecule has 0 amide bonds. The molecule has 6 aliphatic rings. The van der Waals surface area contributed by atoms with Gasteiger partial charge in [0.1, 0.15) is 5.60 Å². The Hall–Kier alpha value is -0.980. The van der Waals surface area contributed by atoms with Crippen LogP contribution in [0.15, 0.2) is 24.3 Å².